The molecule has 0 aliphatic carbocycles. The number of fused-ring (bicyclic) bond motifs is 1. The molecule has 25 heavy (non-hydrogen) atoms. The Morgan fingerprint density at radius 2 is 2.24 bits per heavy atom. The Hall–Kier alpha value is -2.95. The van der Waals surface area contributed by atoms with Gasteiger partial charge in [0.2, 0.25) is 12.2 Å². The summed E-state index contributed by atoms with van der Waals surface area (Å²) >= 11 is 0. The highest BCUT2D eigenvalue weighted by atomic mass is 16.7. The predicted octanol–water partition coefficient (Wildman–Crippen LogP) is -0.168. The van der Waals surface area contributed by atoms with Crippen LogP contribution in [0.4, 0.5) is 5.95 Å². The second-order valence-corrected chi connectivity index (χ2v) is 5.45. The molecule has 3 atom stereocenters. The maximum atomic E-state index is 12.3. The number of anilines is 1. The molecule has 0 radical (unpaired) electrons. The van der Waals surface area contributed by atoms with Gasteiger partial charge in [-0.25, -0.2) is 14.3 Å². The van der Waals surface area contributed by atoms with Crippen LogP contribution in [0.3, 0.4) is 0 Å². The van der Waals surface area contributed by atoms with Crippen LogP contribution in [-0.2, 0) is 23.8 Å². The summed E-state index contributed by atoms with van der Waals surface area (Å²) in [5.74, 6) is -1.05. The maximum Gasteiger partial charge on any atom is 0.330 e. The number of nitrogens with two attached hydrogens (primary N) is 1. The number of aromatic amines is 1. The van der Waals surface area contributed by atoms with Gasteiger partial charge in [0.05, 0.1) is 12.6 Å². The van der Waals surface area contributed by atoms with Crippen molar-refractivity contribution in [1.29, 1.82) is 0 Å². The summed E-state index contributed by atoms with van der Waals surface area (Å²) in [6.07, 6.45) is -1.18. The summed E-state index contributed by atoms with van der Waals surface area (Å²) in [5, 5.41) is 0. The van der Waals surface area contributed by atoms with Crippen molar-refractivity contribution in [3.8, 4) is 0 Å². The van der Waals surface area contributed by atoms with Crippen LogP contribution in [0, 0.1) is 0 Å². The molecule has 0 spiro atoms. The number of hydrogen-bond acceptors (Lipinski definition) is 9. The third-order valence-corrected chi connectivity index (χ3v) is 3.63. The number of imidazole rings is 1. The van der Waals surface area contributed by atoms with E-state index in [2.05, 4.69) is 15.0 Å². The first-order valence-electron chi connectivity index (χ1n) is 7.64. The van der Waals surface area contributed by atoms with E-state index in [-0.39, 0.29) is 24.4 Å². The zero-order chi connectivity index (χ0) is 18.1. The lowest BCUT2D eigenvalue weighted by Gasteiger charge is -2.18. The van der Waals surface area contributed by atoms with E-state index in [0.29, 0.717) is 5.52 Å². The lowest BCUT2D eigenvalue weighted by molar-refractivity contribution is -0.183. The molecule has 0 amide bonds. The van der Waals surface area contributed by atoms with Gasteiger partial charge in [0, 0.05) is 13.3 Å². The molecular formula is C14H17N5O6. The quantitative estimate of drug-likeness (QED) is 0.715. The van der Waals surface area contributed by atoms with Gasteiger partial charge in [-0.3, -0.25) is 9.59 Å². The van der Waals surface area contributed by atoms with E-state index in [9.17, 15) is 14.4 Å². The number of nitrogen functional groups attached to an aromatic ring is 1. The fraction of sp³-hybridized carbons (Fsp3) is 0.500. The Balaban J connectivity index is 1.99. The lowest BCUT2D eigenvalue weighted by Crippen LogP contribution is -2.31. The fourth-order valence-corrected chi connectivity index (χ4v) is 2.62. The molecule has 2 aromatic heterocycles. The number of nitrogens with zero attached hydrogens (tertiary/aromatic N) is 3. The van der Waals surface area contributed by atoms with E-state index in [1.165, 1.54) is 17.7 Å². The van der Waals surface area contributed by atoms with Crippen molar-refractivity contribution in [2.24, 2.45) is 0 Å². The first kappa shape index (κ1) is 16.9. The molecule has 1 saturated heterocycles. The minimum absolute atomic E-state index is 0.0313. The van der Waals surface area contributed by atoms with E-state index in [1.54, 1.807) is 6.92 Å². The van der Waals surface area contributed by atoms with E-state index in [4.69, 9.17) is 19.9 Å². The van der Waals surface area contributed by atoms with Gasteiger partial charge < -0.3 is 24.9 Å². The number of esters is 2. The number of ether oxygens (including phenoxy) is 3. The second-order valence-electron chi connectivity index (χ2n) is 5.45. The highest BCUT2D eigenvalue weighted by Gasteiger charge is 2.42. The number of H-pyrrole nitrogens is 1. The summed E-state index contributed by atoms with van der Waals surface area (Å²) in [4.78, 5) is 45.6. The number of rotatable bonds is 4. The Morgan fingerprint density at radius 1 is 1.48 bits per heavy atom. The normalized spacial score (nSPS) is 22.9. The number of hydrogen-bond donors (Lipinski definition) is 2. The molecule has 2 aromatic rings. The van der Waals surface area contributed by atoms with Crippen LogP contribution in [0.1, 0.15) is 32.9 Å². The van der Waals surface area contributed by atoms with Crippen LogP contribution in [0.2, 0.25) is 0 Å². The molecule has 0 bridgehead atoms. The standard InChI is InChI=1S/C14H17N5O6/c1-3-9(21)24-10-4-8(23-6(2)20)12(25-10)19-11-7(17-14(19)22)5-16-13(15)18-11/h5,8,10,12H,3-4H2,1-2H3,(H,17,22)(H2,15,16,18)/t8-,10-,12-/m1/s1. The van der Waals surface area contributed by atoms with Gasteiger partial charge in [0.25, 0.3) is 0 Å². The average molecular weight is 351 g/mol. The average Bonchev–Trinajstić information content (AvgIpc) is 3.05. The third-order valence-electron chi connectivity index (χ3n) is 3.63. The molecule has 11 heteroatoms. The summed E-state index contributed by atoms with van der Waals surface area (Å²) < 4.78 is 17.2. The molecule has 1 fully saturated rings. The number of aromatic nitrogens is 4. The predicted molar refractivity (Wildman–Crippen MR) is 83.0 cm³/mol. The SMILES string of the molecule is CCC(=O)O[C@H]1C[C@@H](OC(C)=O)[C@H](n2c(=O)[nH]c3cnc(N)nc32)O1. The van der Waals surface area contributed by atoms with Gasteiger partial charge in [0.15, 0.2) is 18.0 Å². The van der Waals surface area contributed by atoms with Gasteiger partial charge in [-0.05, 0) is 0 Å². The minimum atomic E-state index is -1.02. The van der Waals surface area contributed by atoms with E-state index in [0.717, 1.165) is 0 Å². The molecule has 1 aliphatic rings. The minimum Gasteiger partial charge on any atom is -0.457 e. The highest BCUT2D eigenvalue weighted by molar-refractivity contribution is 5.71. The Morgan fingerprint density at radius 3 is 2.92 bits per heavy atom. The number of carbonyl (C=O) groups is 2. The van der Waals surface area contributed by atoms with Crippen molar-refractivity contribution in [2.75, 3.05) is 5.73 Å². The molecule has 3 heterocycles. The monoisotopic (exact) mass is 351 g/mol. The van der Waals surface area contributed by atoms with Crippen molar-refractivity contribution in [3.63, 3.8) is 0 Å². The first-order chi connectivity index (χ1) is 11.9. The largest absolute Gasteiger partial charge is 0.457 e. The highest BCUT2D eigenvalue weighted by Crippen LogP contribution is 2.33. The third kappa shape index (κ3) is 3.31. The van der Waals surface area contributed by atoms with Gasteiger partial charge in [-0.2, -0.15) is 4.98 Å². The Bertz CT molecular complexity index is 874. The smallest absolute Gasteiger partial charge is 0.330 e. The molecule has 11 nitrogen and oxygen atoms in total. The molecule has 1 aliphatic heterocycles. The first-order valence-corrected chi connectivity index (χ1v) is 7.64. The van der Waals surface area contributed by atoms with Crippen LogP contribution < -0.4 is 11.4 Å². The van der Waals surface area contributed by atoms with Crippen LogP contribution in [0.25, 0.3) is 11.2 Å². The molecule has 0 saturated carbocycles. The van der Waals surface area contributed by atoms with Crippen molar-refractivity contribution in [1.82, 2.24) is 19.5 Å². The Kier molecular flexibility index (Phi) is 4.40. The van der Waals surface area contributed by atoms with Crippen molar-refractivity contribution in [3.05, 3.63) is 16.7 Å². The zero-order valence-electron chi connectivity index (χ0n) is 13.6. The Labute approximate surface area is 141 Å². The molecule has 0 unspecified atom stereocenters. The van der Waals surface area contributed by atoms with Crippen LogP contribution in [-0.4, -0.2) is 43.9 Å². The van der Waals surface area contributed by atoms with Crippen LogP contribution in [0.15, 0.2) is 11.0 Å². The van der Waals surface area contributed by atoms with Gasteiger partial charge >= 0.3 is 17.6 Å². The van der Waals surface area contributed by atoms with Crippen molar-refractivity contribution >= 4 is 29.1 Å². The topological polar surface area (TPSA) is 151 Å². The summed E-state index contributed by atoms with van der Waals surface area (Å²) in [6, 6.07) is 0. The summed E-state index contributed by atoms with van der Waals surface area (Å²) in [7, 11) is 0. The van der Waals surface area contributed by atoms with E-state index >= 15 is 0 Å². The summed E-state index contributed by atoms with van der Waals surface area (Å²) in [6.45, 7) is 2.88. The lowest BCUT2D eigenvalue weighted by atomic mass is 10.2. The molecule has 0 aromatic carbocycles. The van der Waals surface area contributed by atoms with Crippen molar-refractivity contribution < 1.29 is 23.8 Å². The van der Waals surface area contributed by atoms with Crippen molar-refractivity contribution in [2.45, 2.75) is 45.3 Å². The summed E-state index contributed by atoms with van der Waals surface area (Å²) in [5.41, 5.74) is 5.58. The zero-order valence-corrected chi connectivity index (χ0v) is 13.6. The fourth-order valence-electron chi connectivity index (χ4n) is 2.62. The van der Waals surface area contributed by atoms with Gasteiger partial charge in [-0.1, -0.05) is 6.92 Å². The van der Waals surface area contributed by atoms with Crippen LogP contribution in [0.5, 0.6) is 0 Å². The van der Waals surface area contributed by atoms with Gasteiger partial charge in [0.1, 0.15) is 5.52 Å². The van der Waals surface area contributed by atoms with Gasteiger partial charge in [-0.15, -0.1) is 0 Å². The molecule has 3 N–H and O–H groups in total. The van der Waals surface area contributed by atoms with Crippen LogP contribution >= 0.6 is 0 Å². The van der Waals surface area contributed by atoms with E-state index < -0.39 is 36.3 Å². The second kappa shape index (κ2) is 6.51. The number of nitrogens with one attached hydrogen (secondary N) is 1. The molecule has 3 rings (SSSR count). The molecule has 134 valence electrons. The molecular weight excluding hydrogens is 334 g/mol. The number of carbonyl (C=O) groups excluding carboxylic acids is 2. The van der Waals surface area contributed by atoms with E-state index in [1.807, 2.05) is 0 Å². The maximum absolute atomic E-state index is 12.3.